The SMILES string of the molecule is C[C@@H]1C[C@H](C)[C@@H](N)CN1Cc1ccccc1. The second kappa shape index (κ2) is 4.98. The molecule has 0 radical (unpaired) electrons. The Balaban J connectivity index is 2.00. The van der Waals surface area contributed by atoms with Gasteiger partial charge in [0.15, 0.2) is 0 Å². The Morgan fingerprint density at radius 3 is 2.62 bits per heavy atom. The van der Waals surface area contributed by atoms with Crippen LogP contribution in [-0.2, 0) is 6.54 Å². The zero-order chi connectivity index (χ0) is 11.5. The molecule has 0 bridgehead atoms. The number of hydrogen-bond donors (Lipinski definition) is 1. The molecule has 1 aliphatic rings. The predicted octanol–water partition coefficient (Wildman–Crippen LogP) is 2.24. The van der Waals surface area contributed by atoms with Crippen molar-refractivity contribution in [1.82, 2.24) is 4.90 Å². The largest absolute Gasteiger partial charge is 0.326 e. The van der Waals surface area contributed by atoms with E-state index in [-0.39, 0.29) is 0 Å². The third-order valence-electron chi connectivity index (χ3n) is 3.74. The van der Waals surface area contributed by atoms with Gasteiger partial charge >= 0.3 is 0 Å². The third-order valence-corrected chi connectivity index (χ3v) is 3.74. The van der Waals surface area contributed by atoms with Gasteiger partial charge in [-0.15, -0.1) is 0 Å². The van der Waals surface area contributed by atoms with Crippen LogP contribution in [0.5, 0.6) is 0 Å². The molecule has 1 aromatic rings. The Labute approximate surface area is 98.4 Å². The normalized spacial score (nSPS) is 31.6. The summed E-state index contributed by atoms with van der Waals surface area (Å²) >= 11 is 0. The Bertz CT molecular complexity index is 323. The van der Waals surface area contributed by atoms with Crippen molar-refractivity contribution in [2.45, 2.75) is 38.9 Å². The van der Waals surface area contributed by atoms with Crippen molar-refractivity contribution in [1.29, 1.82) is 0 Å². The highest BCUT2D eigenvalue weighted by Crippen LogP contribution is 2.23. The standard InChI is InChI=1S/C14H22N2/c1-11-8-12(2)16(10-14(11)15)9-13-6-4-3-5-7-13/h3-7,11-12,14H,8-10,15H2,1-2H3/t11-,12+,14-/m0/s1. The van der Waals surface area contributed by atoms with Crippen LogP contribution in [0.3, 0.4) is 0 Å². The minimum Gasteiger partial charge on any atom is -0.326 e. The van der Waals surface area contributed by atoms with Crippen molar-refractivity contribution in [2.75, 3.05) is 6.54 Å². The number of benzene rings is 1. The van der Waals surface area contributed by atoms with Crippen LogP contribution in [0.4, 0.5) is 0 Å². The van der Waals surface area contributed by atoms with Crippen LogP contribution in [0.1, 0.15) is 25.8 Å². The predicted molar refractivity (Wildman–Crippen MR) is 68.1 cm³/mol. The van der Waals surface area contributed by atoms with Gasteiger partial charge in [-0.25, -0.2) is 0 Å². The first-order valence-electron chi connectivity index (χ1n) is 6.20. The van der Waals surface area contributed by atoms with E-state index >= 15 is 0 Å². The van der Waals surface area contributed by atoms with Crippen LogP contribution in [0, 0.1) is 5.92 Å². The number of nitrogens with two attached hydrogens (primary N) is 1. The lowest BCUT2D eigenvalue weighted by Gasteiger charge is -2.40. The zero-order valence-electron chi connectivity index (χ0n) is 10.3. The van der Waals surface area contributed by atoms with Crippen molar-refractivity contribution in [3.05, 3.63) is 35.9 Å². The minimum absolute atomic E-state index is 0.333. The third kappa shape index (κ3) is 2.63. The van der Waals surface area contributed by atoms with E-state index in [1.54, 1.807) is 0 Å². The van der Waals surface area contributed by atoms with Gasteiger partial charge in [-0.1, -0.05) is 37.3 Å². The first-order valence-corrected chi connectivity index (χ1v) is 6.20. The van der Waals surface area contributed by atoms with Gasteiger partial charge in [-0.3, -0.25) is 4.90 Å². The maximum absolute atomic E-state index is 6.14. The highest BCUT2D eigenvalue weighted by molar-refractivity contribution is 5.14. The van der Waals surface area contributed by atoms with E-state index in [0.29, 0.717) is 18.0 Å². The van der Waals surface area contributed by atoms with Gasteiger partial charge < -0.3 is 5.73 Å². The molecule has 0 aromatic heterocycles. The van der Waals surface area contributed by atoms with Crippen LogP contribution >= 0.6 is 0 Å². The highest BCUT2D eigenvalue weighted by atomic mass is 15.2. The maximum Gasteiger partial charge on any atom is 0.0237 e. The average Bonchev–Trinajstić information content (AvgIpc) is 2.27. The maximum atomic E-state index is 6.14. The fraction of sp³-hybridized carbons (Fsp3) is 0.571. The number of rotatable bonds is 2. The van der Waals surface area contributed by atoms with Crippen molar-refractivity contribution in [3.63, 3.8) is 0 Å². The number of nitrogens with zero attached hydrogens (tertiary/aromatic N) is 1. The monoisotopic (exact) mass is 218 g/mol. The molecule has 2 N–H and O–H groups in total. The summed E-state index contributed by atoms with van der Waals surface area (Å²) in [4.78, 5) is 2.50. The van der Waals surface area contributed by atoms with Crippen molar-refractivity contribution in [2.24, 2.45) is 11.7 Å². The van der Waals surface area contributed by atoms with Gasteiger partial charge in [0, 0.05) is 25.2 Å². The Hall–Kier alpha value is -0.860. The second-order valence-corrected chi connectivity index (χ2v) is 5.14. The zero-order valence-corrected chi connectivity index (χ0v) is 10.3. The van der Waals surface area contributed by atoms with Crippen LogP contribution in [-0.4, -0.2) is 23.5 Å². The highest BCUT2D eigenvalue weighted by Gasteiger charge is 2.28. The lowest BCUT2D eigenvalue weighted by Crippen LogP contribution is -2.51. The van der Waals surface area contributed by atoms with E-state index in [2.05, 4.69) is 49.1 Å². The van der Waals surface area contributed by atoms with Gasteiger partial charge in [0.25, 0.3) is 0 Å². The van der Waals surface area contributed by atoms with E-state index in [0.717, 1.165) is 13.1 Å². The molecule has 88 valence electrons. The molecule has 1 aliphatic heterocycles. The van der Waals surface area contributed by atoms with Gasteiger partial charge in [0.2, 0.25) is 0 Å². The summed E-state index contributed by atoms with van der Waals surface area (Å²) in [6, 6.07) is 11.6. The smallest absolute Gasteiger partial charge is 0.0237 e. The molecule has 2 rings (SSSR count). The number of likely N-dealkylation sites (tertiary alicyclic amines) is 1. The van der Waals surface area contributed by atoms with E-state index in [1.165, 1.54) is 12.0 Å². The topological polar surface area (TPSA) is 29.3 Å². The molecule has 0 spiro atoms. The molecule has 0 aliphatic carbocycles. The molecule has 0 unspecified atom stereocenters. The van der Waals surface area contributed by atoms with Crippen molar-refractivity contribution >= 4 is 0 Å². The quantitative estimate of drug-likeness (QED) is 0.825. The molecule has 1 fully saturated rings. The Morgan fingerprint density at radius 1 is 1.25 bits per heavy atom. The lowest BCUT2D eigenvalue weighted by molar-refractivity contribution is 0.104. The van der Waals surface area contributed by atoms with E-state index in [1.807, 2.05) is 0 Å². The Morgan fingerprint density at radius 2 is 1.94 bits per heavy atom. The fourth-order valence-corrected chi connectivity index (χ4v) is 2.53. The Kier molecular flexibility index (Phi) is 3.62. The molecule has 1 aromatic carbocycles. The van der Waals surface area contributed by atoms with Gasteiger partial charge in [0.05, 0.1) is 0 Å². The molecule has 1 heterocycles. The molecule has 0 amide bonds. The lowest BCUT2D eigenvalue weighted by atomic mass is 9.89. The molecule has 3 atom stereocenters. The fourth-order valence-electron chi connectivity index (χ4n) is 2.53. The molecule has 2 nitrogen and oxygen atoms in total. The number of piperidine rings is 1. The summed E-state index contributed by atoms with van der Waals surface area (Å²) in [7, 11) is 0. The average molecular weight is 218 g/mol. The summed E-state index contributed by atoms with van der Waals surface area (Å²) in [5.41, 5.74) is 7.53. The van der Waals surface area contributed by atoms with Crippen LogP contribution in [0.25, 0.3) is 0 Å². The molecular formula is C14H22N2. The summed E-state index contributed by atoms with van der Waals surface area (Å²) in [6.45, 7) is 6.63. The van der Waals surface area contributed by atoms with Gasteiger partial charge in [-0.2, -0.15) is 0 Å². The summed E-state index contributed by atoms with van der Waals surface area (Å²) < 4.78 is 0. The molecule has 0 saturated carbocycles. The van der Waals surface area contributed by atoms with E-state index < -0.39 is 0 Å². The van der Waals surface area contributed by atoms with E-state index in [9.17, 15) is 0 Å². The number of hydrogen-bond acceptors (Lipinski definition) is 2. The van der Waals surface area contributed by atoms with E-state index in [4.69, 9.17) is 5.73 Å². The summed E-state index contributed by atoms with van der Waals surface area (Å²) in [5.74, 6) is 0.655. The van der Waals surface area contributed by atoms with Gasteiger partial charge in [0.1, 0.15) is 0 Å². The molecule has 2 heteroatoms. The van der Waals surface area contributed by atoms with Crippen molar-refractivity contribution < 1.29 is 0 Å². The molecule has 16 heavy (non-hydrogen) atoms. The minimum atomic E-state index is 0.333. The van der Waals surface area contributed by atoms with Crippen LogP contribution in [0.2, 0.25) is 0 Å². The summed E-state index contributed by atoms with van der Waals surface area (Å²) in [5, 5.41) is 0. The second-order valence-electron chi connectivity index (χ2n) is 5.14. The first kappa shape index (κ1) is 11.6. The molecule has 1 saturated heterocycles. The molecular weight excluding hydrogens is 196 g/mol. The first-order chi connectivity index (χ1) is 7.66. The van der Waals surface area contributed by atoms with Crippen molar-refractivity contribution in [3.8, 4) is 0 Å². The van der Waals surface area contributed by atoms with Crippen LogP contribution in [0.15, 0.2) is 30.3 Å². The van der Waals surface area contributed by atoms with Crippen LogP contribution < -0.4 is 5.73 Å². The summed E-state index contributed by atoms with van der Waals surface area (Å²) in [6.07, 6.45) is 1.22. The van der Waals surface area contributed by atoms with Gasteiger partial charge in [-0.05, 0) is 24.8 Å².